The Hall–Kier alpha value is -2.38. The Morgan fingerprint density at radius 3 is 2.69 bits per heavy atom. The molecule has 156 valence electrons. The quantitative estimate of drug-likeness (QED) is 0.410. The first-order chi connectivity index (χ1) is 14.2. The number of aliphatic imine (C=N–C) groups is 1. The highest BCUT2D eigenvalue weighted by molar-refractivity contribution is 6.29. The number of nitrogens with one attached hydrogen (secondary N) is 2. The number of rotatable bonds is 7. The van der Waals surface area contributed by atoms with Crippen LogP contribution >= 0.6 is 11.6 Å². The van der Waals surface area contributed by atoms with Crippen LogP contribution in [-0.4, -0.2) is 50.3 Å². The van der Waals surface area contributed by atoms with Gasteiger partial charge in [0.1, 0.15) is 11.0 Å². The van der Waals surface area contributed by atoms with Crippen molar-refractivity contribution in [1.82, 2.24) is 15.6 Å². The Morgan fingerprint density at radius 2 is 2.00 bits per heavy atom. The number of nitrogens with zero attached hydrogens (tertiary/aromatic N) is 3. The molecular weight excluding hydrogens is 393 g/mol. The zero-order valence-corrected chi connectivity index (χ0v) is 17.4. The van der Waals surface area contributed by atoms with Crippen molar-refractivity contribution in [3.63, 3.8) is 0 Å². The zero-order valence-electron chi connectivity index (χ0n) is 16.6. The molecule has 3 rings (SSSR count). The highest BCUT2D eigenvalue weighted by Gasteiger charge is 2.15. The summed E-state index contributed by atoms with van der Waals surface area (Å²) in [5.74, 6) is 0.486. The molecule has 1 saturated heterocycles. The molecule has 0 aliphatic carbocycles. The average molecular weight is 420 g/mol. The van der Waals surface area contributed by atoms with Gasteiger partial charge in [-0.3, -0.25) is 0 Å². The highest BCUT2D eigenvalue weighted by atomic mass is 35.5. The van der Waals surface area contributed by atoms with Gasteiger partial charge in [0, 0.05) is 32.4 Å². The molecule has 1 aliphatic rings. The minimum Gasteiger partial charge on any atom is -0.378 e. The molecule has 0 saturated carbocycles. The van der Waals surface area contributed by atoms with Gasteiger partial charge < -0.3 is 20.3 Å². The van der Waals surface area contributed by atoms with E-state index in [0.717, 1.165) is 24.1 Å². The maximum atomic E-state index is 14.5. The Labute approximate surface area is 176 Å². The fourth-order valence-corrected chi connectivity index (χ4v) is 3.21. The van der Waals surface area contributed by atoms with Crippen LogP contribution in [0.3, 0.4) is 0 Å². The first-order valence-corrected chi connectivity index (χ1v) is 10.3. The molecule has 1 aliphatic heterocycles. The molecule has 29 heavy (non-hydrogen) atoms. The Balaban J connectivity index is 1.56. The van der Waals surface area contributed by atoms with Gasteiger partial charge in [-0.05, 0) is 42.7 Å². The third-order valence-electron chi connectivity index (χ3n) is 4.62. The monoisotopic (exact) mass is 419 g/mol. The topological polar surface area (TPSA) is 61.8 Å². The van der Waals surface area contributed by atoms with E-state index in [-0.39, 0.29) is 5.82 Å². The lowest BCUT2D eigenvalue weighted by Crippen LogP contribution is -2.38. The van der Waals surface area contributed by atoms with Gasteiger partial charge in [-0.25, -0.2) is 14.4 Å². The van der Waals surface area contributed by atoms with Crippen LogP contribution in [0.15, 0.2) is 41.5 Å². The third-order valence-corrected chi connectivity index (χ3v) is 4.85. The summed E-state index contributed by atoms with van der Waals surface area (Å²) in [5.41, 5.74) is 2.56. The molecule has 6 nitrogen and oxygen atoms in total. The van der Waals surface area contributed by atoms with Crippen LogP contribution < -0.4 is 15.5 Å². The smallest absolute Gasteiger partial charge is 0.191 e. The first kappa shape index (κ1) is 21.3. The molecule has 0 unspecified atom stereocenters. The number of morpholine rings is 1. The molecular formula is C21H27ClFN5O. The molecule has 0 spiro atoms. The van der Waals surface area contributed by atoms with E-state index in [4.69, 9.17) is 16.3 Å². The van der Waals surface area contributed by atoms with Crippen LogP contribution in [0.5, 0.6) is 0 Å². The number of aromatic nitrogens is 1. The molecule has 8 heteroatoms. The van der Waals surface area contributed by atoms with E-state index in [9.17, 15) is 4.39 Å². The summed E-state index contributed by atoms with van der Waals surface area (Å²) in [6.07, 6.45) is 2.57. The number of halogens is 2. The Bertz CT molecular complexity index is 809. The van der Waals surface area contributed by atoms with E-state index in [1.54, 1.807) is 18.3 Å². The van der Waals surface area contributed by atoms with Crippen LogP contribution in [0.4, 0.5) is 10.1 Å². The number of ether oxygens (including phenoxy) is 1. The van der Waals surface area contributed by atoms with Crippen molar-refractivity contribution in [1.29, 1.82) is 0 Å². The number of pyridine rings is 1. The van der Waals surface area contributed by atoms with Crippen molar-refractivity contribution < 1.29 is 9.13 Å². The highest BCUT2D eigenvalue weighted by Crippen LogP contribution is 2.22. The minimum atomic E-state index is -0.215. The van der Waals surface area contributed by atoms with E-state index in [1.165, 1.54) is 0 Å². The molecule has 1 fully saturated rings. The van der Waals surface area contributed by atoms with Crippen LogP contribution in [0.25, 0.3) is 0 Å². The van der Waals surface area contributed by atoms with Gasteiger partial charge in [0.05, 0.1) is 25.4 Å². The second-order valence-electron chi connectivity index (χ2n) is 6.75. The van der Waals surface area contributed by atoms with Crippen molar-refractivity contribution in [2.45, 2.75) is 19.9 Å². The number of benzene rings is 1. The van der Waals surface area contributed by atoms with E-state index in [2.05, 4.69) is 20.6 Å². The fraction of sp³-hybridized carbons (Fsp3) is 0.429. The van der Waals surface area contributed by atoms with Gasteiger partial charge >= 0.3 is 0 Å². The van der Waals surface area contributed by atoms with Gasteiger partial charge in [-0.2, -0.15) is 0 Å². The maximum Gasteiger partial charge on any atom is 0.191 e. The van der Waals surface area contributed by atoms with Gasteiger partial charge in [-0.1, -0.05) is 23.7 Å². The second-order valence-corrected chi connectivity index (χ2v) is 7.13. The van der Waals surface area contributed by atoms with E-state index >= 15 is 0 Å². The fourth-order valence-electron chi connectivity index (χ4n) is 3.10. The van der Waals surface area contributed by atoms with E-state index in [0.29, 0.717) is 56.2 Å². The van der Waals surface area contributed by atoms with Crippen LogP contribution in [0.1, 0.15) is 18.1 Å². The van der Waals surface area contributed by atoms with E-state index in [1.807, 2.05) is 30.0 Å². The zero-order chi connectivity index (χ0) is 20.5. The summed E-state index contributed by atoms with van der Waals surface area (Å²) in [7, 11) is 0. The summed E-state index contributed by atoms with van der Waals surface area (Å²) in [6, 6.07) is 9.07. The predicted molar refractivity (Wildman–Crippen MR) is 115 cm³/mol. The molecule has 0 atom stereocenters. The summed E-state index contributed by atoms with van der Waals surface area (Å²) in [4.78, 5) is 10.7. The van der Waals surface area contributed by atoms with Crippen molar-refractivity contribution >= 4 is 23.2 Å². The van der Waals surface area contributed by atoms with Crippen LogP contribution in [0, 0.1) is 5.82 Å². The lowest BCUT2D eigenvalue weighted by atomic mass is 10.1. The second kappa shape index (κ2) is 11.0. The van der Waals surface area contributed by atoms with Crippen molar-refractivity contribution in [2.75, 3.05) is 44.3 Å². The normalized spacial score (nSPS) is 14.7. The largest absolute Gasteiger partial charge is 0.378 e. The summed E-state index contributed by atoms with van der Waals surface area (Å²) in [5, 5.41) is 7.00. The minimum absolute atomic E-state index is 0.215. The van der Waals surface area contributed by atoms with Gasteiger partial charge in [0.2, 0.25) is 0 Å². The third kappa shape index (κ3) is 6.58. The Morgan fingerprint density at radius 1 is 1.21 bits per heavy atom. The number of hydrogen-bond donors (Lipinski definition) is 2. The molecule has 2 N–H and O–H groups in total. The summed E-state index contributed by atoms with van der Waals surface area (Å²) in [6.45, 7) is 6.57. The average Bonchev–Trinajstić information content (AvgIpc) is 2.74. The van der Waals surface area contributed by atoms with Crippen LogP contribution in [-0.2, 0) is 17.7 Å². The maximum absolute atomic E-state index is 14.5. The predicted octanol–water partition coefficient (Wildman–Crippen LogP) is 3.01. The molecule has 2 aromatic rings. The SMILES string of the molecule is CCNC(=NCc1ccc(N2CCOCC2)c(F)c1)NCCc1ccc(Cl)nc1. The number of guanidine groups is 1. The molecule has 0 radical (unpaired) electrons. The van der Waals surface area contributed by atoms with Crippen molar-refractivity contribution in [3.8, 4) is 0 Å². The van der Waals surface area contributed by atoms with Gasteiger partial charge in [0.15, 0.2) is 5.96 Å². The van der Waals surface area contributed by atoms with Gasteiger partial charge in [-0.15, -0.1) is 0 Å². The van der Waals surface area contributed by atoms with Crippen molar-refractivity contribution in [2.24, 2.45) is 4.99 Å². The standard InChI is InChI=1S/C21H27ClFN5O/c1-2-24-21(25-8-7-16-4-6-20(22)26-14-16)27-15-17-3-5-19(18(23)13-17)28-9-11-29-12-10-28/h3-6,13-14H,2,7-12,15H2,1H3,(H2,24,25,27). The summed E-state index contributed by atoms with van der Waals surface area (Å²) >= 11 is 5.81. The van der Waals surface area contributed by atoms with Crippen molar-refractivity contribution in [3.05, 3.63) is 58.6 Å². The first-order valence-electron chi connectivity index (χ1n) is 9.89. The molecule has 2 heterocycles. The van der Waals surface area contributed by atoms with Crippen LogP contribution in [0.2, 0.25) is 5.15 Å². The molecule has 0 amide bonds. The summed E-state index contributed by atoms with van der Waals surface area (Å²) < 4.78 is 19.9. The molecule has 1 aromatic heterocycles. The van der Waals surface area contributed by atoms with Gasteiger partial charge in [0.25, 0.3) is 0 Å². The number of anilines is 1. The molecule has 0 bridgehead atoms. The number of hydrogen-bond acceptors (Lipinski definition) is 4. The Kier molecular flexibility index (Phi) is 8.07. The van der Waals surface area contributed by atoms with E-state index < -0.39 is 0 Å². The lowest BCUT2D eigenvalue weighted by Gasteiger charge is -2.29. The molecule has 1 aromatic carbocycles. The lowest BCUT2D eigenvalue weighted by molar-refractivity contribution is 0.122.